The number of carbonyl (C=O) groups is 5. The Bertz CT molecular complexity index is 6790. The Balaban J connectivity index is 0.000000158. The highest BCUT2D eigenvalue weighted by atomic mass is 32.2. The summed E-state index contributed by atoms with van der Waals surface area (Å²) in [6.45, 7) is 57.7. The van der Waals surface area contributed by atoms with E-state index < -0.39 is 74.8 Å². The van der Waals surface area contributed by atoms with E-state index >= 15 is 0 Å². The SMILES string of the molecule is CCOC(=O)CN1CCn2c(C)cc3c(-c4ccc(C)cc4)c([C@H](OC(C)(C)C)C(=O)OC)c(C)c1c32.COC(=O)[C@@H](OC(C)(C)C)c1c(C)c2c3c(cc(C)n3CCN2)c1-c1ccc(C)cc1.COC(=O)[C@@H](OC(C)(C)C)c1c(C)c2c3c(cc(C)n3CCN2CCO)c1-c1ccc(C)cc1.COC(=O)[C@@H](OC(C)(C)C)c1c(C)c2c3c(cc(C)n3CCN2CCOS(C)(=O)=O)c1-c1ccc(C)cc1. The van der Waals surface area contributed by atoms with E-state index in [4.69, 9.17) is 46.8 Å². The van der Waals surface area contributed by atoms with Gasteiger partial charge in [-0.15, -0.1) is 0 Å². The van der Waals surface area contributed by atoms with Gasteiger partial charge in [-0.25, -0.2) is 19.2 Å². The maximum absolute atomic E-state index is 13.3. The van der Waals surface area contributed by atoms with E-state index in [0.717, 1.165) is 218 Å². The number of methoxy groups -OCH3 is 4. The number of aromatic nitrogens is 4. The lowest BCUT2D eigenvalue weighted by molar-refractivity contribution is -0.164. The van der Waals surface area contributed by atoms with Crippen molar-refractivity contribution in [1.82, 2.24) is 18.3 Å². The van der Waals surface area contributed by atoms with Crippen molar-refractivity contribution in [2.45, 2.75) is 246 Å². The first-order valence-electron chi connectivity index (χ1n) is 48.4. The topological polar surface area (TPSA) is 273 Å². The van der Waals surface area contributed by atoms with Crippen molar-refractivity contribution in [2.24, 2.45) is 0 Å². The molecule has 140 heavy (non-hydrogen) atoms. The van der Waals surface area contributed by atoms with Crippen molar-refractivity contribution in [3.8, 4) is 44.5 Å². The Morgan fingerprint density at radius 1 is 0.379 bits per heavy atom. The molecule has 0 saturated carbocycles. The highest BCUT2D eigenvalue weighted by Gasteiger charge is 2.43. The molecule has 0 bridgehead atoms. The summed E-state index contributed by atoms with van der Waals surface area (Å²) in [6.07, 6.45) is -2.56. The van der Waals surface area contributed by atoms with E-state index in [1.165, 1.54) is 56.5 Å². The van der Waals surface area contributed by atoms with Crippen LogP contribution >= 0.6 is 0 Å². The van der Waals surface area contributed by atoms with Crippen molar-refractivity contribution < 1.29 is 84.3 Å². The minimum Gasteiger partial charge on any atom is -0.467 e. The number of hydrogen-bond acceptors (Lipinski definition) is 22. The zero-order valence-corrected chi connectivity index (χ0v) is 88.5. The van der Waals surface area contributed by atoms with Crippen LogP contribution in [0.1, 0.15) is 204 Å². The van der Waals surface area contributed by atoms with Crippen LogP contribution in [-0.4, -0.2) is 184 Å². The number of ether oxygens (including phenoxy) is 9. The van der Waals surface area contributed by atoms with E-state index in [9.17, 15) is 37.5 Å². The molecule has 26 nitrogen and oxygen atoms in total. The van der Waals surface area contributed by atoms with Gasteiger partial charge in [-0.1, -0.05) is 119 Å². The van der Waals surface area contributed by atoms with Gasteiger partial charge in [0.05, 0.1) is 122 Å². The Morgan fingerprint density at radius 2 is 0.650 bits per heavy atom. The first kappa shape index (κ1) is 106. The smallest absolute Gasteiger partial charge is 0.339 e. The van der Waals surface area contributed by atoms with Crippen LogP contribution in [0.2, 0.25) is 0 Å². The zero-order valence-electron chi connectivity index (χ0n) is 87.7. The van der Waals surface area contributed by atoms with Gasteiger partial charge in [0.1, 0.15) is 6.54 Å². The standard InChI is InChI=1S/C30H38N2O5.C29H38N2O6S.C28H36N2O4.C26H32N2O3/c1-9-36-23(33)17-31-14-15-32-19(3)16-22-25(21-12-10-18(2)11-13-21)24(20(4)26(31)27(22)32)28(29(34)35-8)37-30(5,6)7;1-18-9-11-21(12-10-18)24-22-17-19(2)31-14-13-30(15-16-36-38(8,33)34)25(26(22)31)20(3)23(24)27(28(32)35-7)37-29(4,5)6;1-17-8-10-20(11-9-17)23-21-16-18(2)30-13-12-29(14-15-31)24(25(21)30)19(3)22(23)26(27(32)33-7)34-28(4,5)6;1-15-8-10-18(11-9-15)21-19-14-16(2)28-13-12-27-22(23(19)28)17(3)20(21)24(25(29)30-7)31-26(4,5)6/h10-13,16,28H,9,14-15,17H2,1-8H3;9-12,17,27H,13-16H2,1-8H3;8-11,16,26,31H,12-15H2,1-7H3;8-11,14,24,27H,12-13H2,1-7H3/t28-;27-;26-;24-/m0000/s1. The second-order valence-corrected chi connectivity index (χ2v) is 42.9. The molecule has 8 aromatic carbocycles. The molecule has 4 aliphatic rings. The summed E-state index contributed by atoms with van der Waals surface area (Å²) in [5, 5.41) is 17.6. The van der Waals surface area contributed by atoms with Gasteiger partial charge in [-0.05, 0) is 264 Å². The molecular weight excluding hydrogens is 1790 g/mol. The summed E-state index contributed by atoms with van der Waals surface area (Å²) in [6, 6.07) is 42.3. The molecule has 750 valence electrons. The summed E-state index contributed by atoms with van der Waals surface area (Å²) < 4.78 is 89.5. The minimum atomic E-state index is -3.56. The zero-order chi connectivity index (χ0) is 102. The van der Waals surface area contributed by atoms with Crippen LogP contribution in [0.3, 0.4) is 0 Å². The largest absolute Gasteiger partial charge is 0.467 e. The fourth-order valence-corrected chi connectivity index (χ4v) is 20.8. The number of rotatable bonds is 25. The fourth-order valence-electron chi connectivity index (χ4n) is 20.4. The average molecular weight is 1930 g/mol. The van der Waals surface area contributed by atoms with E-state index in [1.54, 1.807) is 0 Å². The third-order valence-electron chi connectivity index (χ3n) is 26.3. The van der Waals surface area contributed by atoms with Crippen molar-refractivity contribution in [3.63, 3.8) is 0 Å². The van der Waals surface area contributed by atoms with Crippen molar-refractivity contribution in [1.29, 1.82) is 0 Å². The number of aryl methyl sites for hydroxylation is 8. The van der Waals surface area contributed by atoms with Crippen LogP contribution in [0.15, 0.2) is 121 Å². The number of nitrogens with one attached hydrogen (secondary N) is 1. The number of aliphatic hydroxyl groups is 1. The molecule has 12 aromatic rings. The molecule has 0 radical (unpaired) electrons. The Labute approximate surface area is 825 Å². The van der Waals surface area contributed by atoms with Crippen molar-refractivity contribution in [2.75, 3.05) is 120 Å². The normalized spacial score (nSPS) is 14.4. The van der Waals surface area contributed by atoms with Gasteiger partial charge in [0.2, 0.25) is 0 Å². The maximum Gasteiger partial charge on any atom is 0.339 e. The molecule has 0 unspecified atom stereocenters. The van der Waals surface area contributed by atoms with Crippen molar-refractivity contribution >= 4 is 106 Å². The minimum absolute atomic E-state index is 0.0351. The molecule has 2 N–H and O–H groups in total. The summed E-state index contributed by atoms with van der Waals surface area (Å²) in [4.78, 5) is 71.9. The van der Waals surface area contributed by atoms with Crippen LogP contribution in [0.5, 0.6) is 0 Å². The maximum atomic E-state index is 13.3. The Morgan fingerprint density at radius 3 is 0.929 bits per heavy atom. The van der Waals surface area contributed by atoms with E-state index in [1.807, 2.05) is 111 Å². The number of nitrogens with zero attached hydrogens (tertiary/aromatic N) is 7. The molecule has 4 aliphatic heterocycles. The molecule has 4 atom stereocenters. The predicted octanol–water partition coefficient (Wildman–Crippen LogP) is 21.5. The second-order valence-electron chi connectivity index (χ2n) is 41.2. The number of benzene rings is 8. The summed E-state index contributed by atoms with van der Waals surface area (Å²) in [5.74, 6) is -2.00. The lowest BCUT2D eigenvalue weighted by Crippen LogP contribution is -2.38. The van der Waals surface area contributed by atoms with Gasteiger partial charge in [-0.2, -0.15) is 8.42 Å². The lowest BCUT2D eigenvalue weighted by Gasteiger charge is -2.36. The van der Waals surface area contributed by atoms with Gasteiger partial charge >= 0.3 is 29.8 Å². The molecule has 27 heteroatoms. The van der Waals surface area contributed by atoms with Crippen LogP contribution in [0, 0.1) is 83.1 Å². The van der Waals surface area contributed by atoms with Gasteiger partial charge in [0, 0.05) is 132 Å². The molecule has 0 aliphatic carbocycles. The highest BCUT2D eigenvalue weighted by Crippen LogP contribution is 2.54. The van der Waals surface area contributed by atoms with Gasteiger partial charge in [0.25, 0.3) is 10.1 Å². The summed E-state index contributed by atoms with van der Waals surface area (Å²) in [7, 11) is 2.03. The van der Waals surface area contributed by atoms with E-state index in [0.29, 0.717) is 32.8 Å². The quantitative estimate of drug-likeness (QED) is 0.0306. The molecular formula is C113H144N8O18S. The molecule has 4 aromatic heterocycles. The highest BCUT2D eigenvalue weighted by molar-refractivity contribution is 7.86. The van der Waals surface area contributed by atoms with Gasteiger partial charge < -0.3 is 86.0 Å². The van der Waals surface area contributed by atoms with Crippen molar-refractivity contribution in [3.05, 3.63) is 211 Å². The molecule has 16 rings (SSSR count). The van der Waals surface area contributed by atoms with Crippen LogP contribution in [0.25, 0.3) is 88.1 Å². The number of β-amino-alcohol motifs (C(OH)–C–C–N with tert-alkyl or cyclic N) is 1. The first-order chi connectivity index (χ1) is 65.9. The summed E-state index contributed by atoms with van der Waals surface area (Å²) >= 11 is 0. The molecule has 0 fully saturated rings. The Hall–Kier alpha value is -11.8. The van der Waals surface area contributed by atoms with E-state index in [-0.39, 0.29) is 31.7 Å². The third kappa shape index (κ3) is 22.2. The number of carbonyl (C=O) groups excluding carboxylic acids is 5. The molecule has 0 saturated heterocycles. The monoisotopic (exact) mass is 1930 g/mol. The summed E-state index contributed by atoms with van der Waals surface area (Å²) in [5.41, 5.74) is 30.5. The second kappa shape index (κ2) is 42.2. The molecule has 0 amide bonds. The predicted molar refractivity (Wildman–Crippen MR) is 558 cm³/mol. The average Bonchev–Trinajstić information content (AvgIpc) is 1.52. The number of anilines is 4. The van der Waals surface area contributed by atoms with Crippen LogP contribution in [0.4, 0.5) is 22.7 Å². The van der Waals surface area contributed by atoms with Gasteiger partial charge in [0.15, 0.2) is 24.4 Å². The van der Waals surface area contributed by atoms with Gasteiger partial charge in [-0.3, -0.25) is 8.98 Å². The van der Waals surface area contributed by atoms with Crippen LogP contribution in [-0.2, 0) is 107 Å². The molecule has 0 spiro atoms. The third-order valence-corrected chi connectivity index (χ3v) is 26.9. The number of esters is 5. The molecule has 8 heterocycles. The fraction of sp³-hybridized carbons (Fsp3) is 0.460. The number of hydrogen-bond donors (Lipinski definition) is 2. The van der Waals surface area contributed by atoms with E-state index in [2.05, 4.69) is 222 Å². The lowest BCUT2D eigenvalue weighted by atomic mass is 9.87. The Kier molecular flexibility index (Phi) is 31.8. The first-order valence-corrected chi connectivity index (χ1v) is 50.2. The number of aliphatic hydroxyl groups excluding tert-OH is 1. The van der Waals surface area contributed by atoms with Crippen LogP contribution < -0.4 is 20.0 Å².